The molecule has 3 rings (SSSR count). The summed E-state index contributed by atoms with van der Waals surface area (Å²) in [5.74, 6) is 1.21. The molecule has 0 bridgehead atoms. The Bertz CT molecular complexity index is 1020. The third kappa shape index (κ3) is 5.27. The van der Waals surface area contributed by atoms with Crippen LogP contribution in [0.3, 0.4) is 0 Å². The second-order valence-corrected chi connectivity index (χ2v) is 10.4. The number of anilines is 1. The van der Waals surface area contributed by atoms with E-state index in [4.69, 9.17) is 9.84 Å². The summed E-state index contributed by atoms with van der Waals surface area (Å²) in [7, 11) is 0. The Morgan fingerprint density at radius 3 is 2.33 bits per heavy atom. The van der Waals surface area contributed by atoms with E-state index in [0.717, 1.165) is 16.4 Å². The number of nitrogens with zero attached hydrogens (tertiary/aromatic N) is 3. The van der Waals surface area contributed by atoms with Crippen molar-refractivity contribution in [3.8, 4) is 5.75 Å². The number of carbonyl (C=O) groups excluding carboxylic acids is 1. The number of hydrogen-bond donors (Lipinski definition) is 1. The Kier molecular flexibility index (Phi) is 6.04. The fourth-order valence-corrected chi connectivity index (χ4v) is 3.47. The molecule has 0 saturated carbocycles. The number of rotatable bonds is 5. The first-order valence-corrected chi connectivity index (χ1v) is 10.9. The van der Waals surface area contributed by atoms with Gasteiger partial charge in [-0.05, 0) is 52.0 Å². The standard InChI is InChI=1S/C23H30N4O2S/c1-15-24-17(14-30-15)13-29-18-10-8-16(9-11-18)21(28)25-20-12-19(22(2,3)4)26-27(20)23(5,6)7/h8-12,14H,13H2,1-7H3,(H,25,28). The second kappa shape index (κ2) is 8.22. The Morgan fingerprint density at radius 1 is 1.13 bits per heavy atom. The topological polar surface area (TPSA) is 69.0 Å². The highest BCUT2D eigenvalue weighted by Gasteiger charge is 2.26. The highest BCUT2D eigenvalue weighted by molar-refractivity contribution is 7.09. The molecule has 7 heteroatoms. The fraction of sp³-hybridized carbons (Fsp3) is 0.435. The van der Waals surface area contributed by atoms with Gasteiger partial charge in [-0.25, -0.2) is 9.67 Å². The van der Waals surface area contributed by atoms with Crippen molar-refractivity contribution in [2.45, 2.75) is 66.0 Å². The minimum atomic E-state index is -0.252. The zero-order valence-corrected chi connectivity index (χ0v) is 19.6. The lowest BCUT2D eigenvalue weighted by molar-refractivity contribution is 0.102. The molecule has 2 aromatic heterocycles. The van der Waals surface area contributed by atoms with Crippen molar-refractivity contribution in [3.63, 3.8) is 0 Å². The summed E-state index contributed by atoms with van der Waals surface area (Å²) in [6, 6.07) is 9.08. The molecule has 1 aromatic carbocycles. The molecular formula is C23H30N4O2S. The zero-order valence-electron chi connectivity index (χ0n) is 18.7. The van der Waals surface area contributed by atoms with Gasteiger partial charge in [0.15, 0.2) is 0 Å². The van der Waals surface area contributed by atoms with Crippen LogP contribution in [-0.2, 0) is 17.6 Å². The van der Waals surface area contributed by atoms with Gasteiger partial charge in [0.2, 0.25) is 0 Å². The van der Waals surface area contributed by atoms with Gasteiger partial charge in [-0.3, -0.25) is 4.79 Å². The molecule has 1 amide bonds. The van der Waals surface area contributed by atoms with Crippen LogP contribution in [0.1, 0.15) is 68.3 Å². The average molecular weight is 427 g/mol. The maximum Gasteiger partial charge on any atom is 0.256 e. The summed E-state index contributed by atoms with van der Waals surface area (Å²) in [6.45, 7) is 14.9. The van der Waals surface area contributed by atoms with E-state index in [1.807, 2.05) is 23.1 Å². The van der Waals surface area contributed by atoms with Gasteiger partial charge in [0, 0.05) is 22.4 Å². The van der Waals surface area contributed by atoms with Gasteiger partial charge in [0.25, 0.3) is 5.91 Å². The van der Waals surface area contributed by atoms with Crippen LogP contribution in [0.15, 0.2) is 35.7 Å². The molecule has 30 heavy (non-hydrogen) atoms. The maximum atomic E-state index is 12.8. The van der Waals surface area contributed by atoms with E-state index in [1.165, 1.54) is 0 Å². The summed E-state index contributed by atoms with van der Waals surface area (Å²) in [5.41, 5.74) is 2.05. The first-order valence-electron chi connectivity index (χ1n) is 10.00. The van der Waals surface area contributed by atoms with E-state index in [2.05, 4.69) is 51.8 Å². The van der Waals surface area contributed by atoms with Crippen molar-refractivity contribution in [2.24, 2.45) is 0 Å². The van der Waals surface area contributed by atoms with E-state index in [9.17, 15) is 4.79 Å². The zero-order chi connectivity index (χ0) is 22.1. The molecule has 0 aliphatic rings. The molecule has 0 unspecified atom stereocenters. The van der Waals surface area contributed by atoms with Crippen LogP contribution in [0.5, 0.6) is 5.75 Å². The predicted octanol–water partition coefficient (Wildman–Crippen LogP) is 5.53. The smallest absolute Gasteiger partial charge is 0.256 e. The van der Waals surface area contributed by atoms with E-state index < -0.39 is 0 Å². The number of aromatic nitrogens is 3. The van der Waals surface area contributed by atoms with Gasteiger partial charge in [0.1, 0.15) is 18.2 Å². The van der Waals surface area contributed by atoms with Crippen LogP contribution in [0.2, 0.25) is 0 Å². The average Bonchev–Trinajstić information content (AvgIpc) is 3.26. The minimum absolute atomic E-state index is 0.106. The second-order valence-electron chi connectivity index (χ2n) is 9.37. The lowest BCUT2D eigenvalue weighted by atomic mass is 9.92. The molecular weight excluding hydrogens is 396 g/mol. The molecule has 0 radical (unpaired) electrons. The van der Waals surface area contributed by atoms with Crippen LogP contribution in [-0.4, -0.2) is 20.7 Å². The Morgan fingerprint density at radius 2 is 1.80 bits per heavy atom. The maximum absolute atomic E-state index is 12.8. The Hall–Kier alpha value is -2.67. The first-order chi connectivity index (χ1) is 13.9. The SMILES string of the molecule is Cc1nc(COc2ccc(C(=O)Nc3cc(C(C)(C)C)nn3C(C)(C)C)cc2)cs1. The van der Waals surface area contributed by atoms with Gasteiger partial charge < -0.3 is 10.1 Å². The molecule has 0 atom stereocenters. The van der Waals surface area contributed by atoms with Crippen molar-refractivity contribution < 1.29 is 9.53 Å². The number of carbonyl (C=O) groups is 1. The molecule has 160 valence electrons. The lowest BCUT2D eigenvalue weighted by Crippen LogP contribution is -2.27. The predicted molar refractivity (Wildman–Crippen MR) is 122 cm³/mol. The van der Waals surface area contributed by atoms with Crippen LogP contribution >= 0.6 is 11.3 Å². The fourth-order valence-electron chi connectivity index (χ4n) is 2.87. The third-order valence-electron chi connectivity index (χ3n) is 4.52. The Balaban J connectivity index is 1.72. The molecule has 0 spiro atoms. The number of hydrogen-bond acceptors (Lipinski definition) is 5. The molecule has 3 aromatic rings. The van der Waals surface area contributed by atoms with Crippen LogP contribution in [0.4, 0.5) is 5.82 Å². The Labute approximate surface area is 182 Å². The van der Waals surface area contributed by atoms with Gasteiger partial charge in [-0.1, -0.05) is 20.8 Å². The molecule has 2 heterocycles. The van der Waals surface area contributed by atoms with E-state index in [-0.39, 0.29) is 16.9 Å². The normalized spacial score (nSPS) is 12.1. The van der Waals surface area contributed by atoms with Crippen LogP contribution in [0, 0.1) is 6.92 Å². The van der Waals surface area contributed by atoms with E-state index in [1.54, 1.807) is 35.6 Å². The van der Waals surface area contributed by atoms with E-state index >= 15 is 0 Å². The van der Waals surface area contributed by atoms with E-state index in [0.29, 0.717) is 23.7 Å². The summed E-state index contributed by atoms with van der Waals surface area (Å²) in [6.07, 6.45) is 0. The van der Waals surface area contributed by atoms with Crippen molar-refractivity contribution in [2.75, 3.05) is 5.32 Å². The summed E-state index contributed by atoms with van der Waals surface area (Å²) >= 11 is 1.60. The van der Waals surface area contributed by atoms with Gasteiger partial charge >= 0.3 is 0 Å². The monoisotopic (exact) mass is 426 g/mol. The summed E-state index contributed by atoms with van der Waals surface area (Å²) < 4.78 is 7.64. The summed E-state index contributed by atoms with van der Waals surface area (Å²) in [5, 5.41) is 10.8. The molecule has 0 aliphatic heterocycles. The lowest BCUT2D eigenvalue weighted by Gasteiger charge is -2.23. The highest BCUT2D eigenvalue weighted by Crippen LogP contribution is 2.28. The number of amides is 1. The summed E-state index contributed by atoms with van der Waals surface area (Å²) in [4.78, 5) is 17.2. The highest BCUT2D eigenvalue weighted by atomic mass is 32.1. The molecule has 0 fully saturated rings. The quantitative estimate of drug-likeness (QED) is 0.582. The third-order valence-corrected chi connectivity index (χ3v) is 5.35. The van der Waals surface area contributed by atoms with Gasteiger partial charge in [0.05, 0.1) is 21.9 Å². The number of aryl methyl sites for hydroxylation is 1. The molecule has 0 aliphatic carbocycles. The number of thiazole rings is 1. The molecule has 1 N–H and O–H groups in total. The number of nitrogens with one attached hydrogen (secondary N) is 1. The largest absolute Gasteiger partial charge is 0.487 e. The van der Waals surface area contributed by atoms with Gasteiger partial charge in [-0.15, -0.1) is 11.3 Å². The first kappa shape index (κ1) is 22.0. The van der Waals surface area contributed by atoms with Crippen molar-refractivity contribution >= 4 is 23.1 Å². The van der Waals surface area contributed by atoms with Crippen LogP contribution in [0.25, 0.3) is 0 Å². The van der Waals surface area contributed by atoms with Crippen LogP contribution < -0.4 is 10.1 Å². The molecule has 6 nitrogen and oxygen atoms in total. The van der Waals surface area contributed by atoms with Crippen molar-refractivity contribution in [1.82, 2.24) is 14.8 Å². The molecule has 0 saturated heterocycles. The number of ether oxygens (including phenoxy) is 1. The van der Waals surface area contributed by atoms with Crippen molar-refractivity contribution in [1.29, 1.82) is 0 Å². The minimum Gasteiger partial charge on any atom is -0.487 e. The van der Waals surface area contributed by atoms with Crippen molar-refractivity contribution in [3.05, 3.63) is 57.7 Å². The number of benzene rings is 1. The van der Waals surface area contributed by atoms with Gasteiger partial charge in [-0.2, -0.15) is 5.10 Å².